The Morgan fingerprint density at radius 2 is 1.75 bits per heavy atom. The molecule has 148 valence electrons. The predicted octanol–water partition coefficient (Wildman–Crippen LogP) is 2.59. The van der Waals surface area contributed by atoms with Crippen LogP contribution >= 0.6 is 0 Å². The zero-order valence-electron chi connectivity index (χ0n) is 15.6. The number of amides is 1. The van der Waals surface area contributed by atoms with E-state index in [0.29, 0.717) is 37.8 Å². The number of carbonyl (C=O) groups is 1. The average molecular weight is 401 g/mol. The van der Waals surface area contributed by atoms with Crippen molar-refractivity contribution in [2.45, 2.75) is 23.8 Å². The van der Waals surface area contributed by atoms with Crippen LogP contribution in [0.5, 0.6) is 0 Å². The van der Waals surface area contributed by atoms with Crippen LogP contribution in [-0.4, -0.2) is 44.9 Å². The van der Waals surface area contributed by atoms with Crippen molar-refractivity contribution in [2.24, 2.45) is 5.92 Å². The SMILES string of the molecule is O=C(N[C@@H](c1ccccc1)C1CC1)c1cccc(S(=O)(=O)N2CCOCC2)c1. The van der Waals surface area contributed by atoms with E-state index in [9.17, 15) is 13.2 Å². The van der Waals surface area contributed by atoms with Crippen LogP contribution < -0.4 is 5.32 Å². The Morgan fingerprint density at radius 3 is 2.43 bits per heavy atom. The number of ether oxygens (including phenoxy) is 1. The summed E-state index contributed by atoms with van der Waals surface area (Å²) in [6, 6.07) is 16.2. The molecule has 1 heterocycles. The molecule has 2 aromatic rings. The van der Waals surface area contributed by atoms with Crippen LogP contribution in [0.2, 0.25) is 0 Å². The second-order valence-corrected chi connectivity index (χ2v) is 9.18. The average Bonchev–Trinajstić information content (AvgIpc) is 3.58. The normalized spacial score (nSPS) is 19.1. The summed E-state index contributed by atoms with van der Waals surface area (Å²) < 4.78 is 32.4. The van der Waals surface area contributed by atoms with Gasteiger partial charge in [-0.3, -0.25) is 4.79 Å². The Balaban J connectivity index is 1.54. The number of hydrogen-bond donors (Lipinski definition) is 1. The molecular formula is C21H24N2O4S. The summed E-state index contributed by atoms with van der Waals surface area (Å²) in [7, 11) is -3.63. The second kappa shape index (κ2) is 8.03. The standard InChI is InChI=1S/C21H24N2O4S/c24-21(22-20(17-9-10-17)16-5-2-1-3-6-16)18-7-4-8-19(15-18)28(25,26)23-11-13-27-14-12-23/h1-8,15,17,20H,9-14H2,(H,22,24)/t20-/m0/s1. The largest absolute Gasteiger partial charge is 0.379 e. The topological polar surface area (TPSA) is 75.7 Å². The minimum Gasteiger partial charge on any atom is -0.379 e. The molecule has 6 nitrogen and oxygen atoms in total. The van der Waals surface area contributed by atoms with Gasteiger partial charge in [-0.05, 0) is 42.5 Å². The molecule has 1 aliphatic heterocycles. The van der Waals surface area contributed by atoms with E-state index in [-0.39, 0.29) is 16.8 Å². The number of nitrogens with zero attached hydrogens (tertiary/aromatic N) is 1. The molecule has 0 radical (unpaired) electrons. The zero-order chi connectivity index (χ0) is 19.6. The molecule has 1 N–H and O–H groups in total. The van der Waals surface area contributed by atoms with E-state index in [1.165, 1.54) is 16.4 Å². The Bertz CT molecular complexity index is 936. The second-order valence-electron chi connectivity index (χ2n) is 7.24. The fraction of sp³-hybridized carbons (Fsp3) is 0.381. The van der Waals surface area contributed by atoms with Crippen molar-refractivity contribution in [3.8, 4) is 0 Å². The highest BCUT2D eigenvalue weighted by atomic mass is 32.2. The van der Waals surface area contributed by atoms with E-state index in [0.717, 1.165) is 18.4 Å². The number of benzene rings is 2. The first kappa shape index (κ1) is 19.1. The van der Waals surface area contributed by atoms with Gasteiger partial charge in [-0.15, -0.1) is 0 Å². The zero-order valence-corrected chi connectivity index (χ0v) is 16.4. The van der Waals surface area contributed by atoms with Gasteiger partial charge in [0.15, 0.2) is 0 Å². The van der Waals surface area contributed by atoms with Crippen LogP contribution in [0.4, 0.5) is 0 Å². The first-order valence-electron chi connectivity index (χ1n) is 9.59. The Kier molecular flexibility index (Phi) is 5.48. The van der Waals surface area contributed by atoms with Gasteiger partial charge in [-0.1, -0.05) is 36.4 Å². The summed E-state index contributed by atoms with van der Waals surface area (Å²) in [5.41, 5.74) is 1.44. The van der Waals surface area contributed by atoms with Gasteiger partial charge < -0.3 is 10.1 Å². The fourth-order valence-corrected chi connectivity index (χ4v) is 4.98. The molecule has 1 aliphatic carbocycles. The van der Waals surface area contributed by atoms with Gasteiger partial charge in [0.25, 0.3) is 5.91 Å². The lowest BCUT2D eigenvalue weighted by atomic mass is 10.0. The highest BCUT2D eigenvalue weighted by molar-refractivity contribution is 7.89. The van der Waals surface area contributed by atoms with E-state index in [2.05, 4.69) is 5.32 Å². The van der Waals surface area contributed by atoms with Crippen LogP contribution in [0.15, 0.2) is 59.5 Å². The van der Waals surface area contributed by atoms with Crippen LogP contribution in [-0.2, 0) is 14.8 Å². The van der Waals surface area contributed by atoms with Crippen LogP contribution in [0.25, 0.3) is 0 Å². The highest BCUT2D eigenvalue weighted by Gasteiger charge is 2.34. The minimum atomic E-state index is -3.63. The van der Waals surface area contributed by atoms with E-state index >= 15 is 0 Å². The van der Waals surface area contributed by atoms with Gasteiger partial charge in [0.2, 0.25) is 10.0 Å². The molecule has 28 heavy (non-hydrogen) atoms. The van der Waals surface area contributed by atoms with Crippen molar-refractivity contribution in [1.29, 1.82) is 0 Å². The molecule has 0 aromatic heterocycles. The van der Waals surface area contributed by atoms with E-state index in [1.54, 1.807) is 12.1 Å². The lowest BCUT2D eigenvalue weighted by Crippen LogP contribution is -2.40. The number of rotatable bonds is 6. The number of morpholine rings is 1. The third-order valence-electron chi connectivity index (χ3n) is 5.24. The molecular weight excluding hydrogens is 376 g/mol. The van der Waals surface area contributed by atoms with Crippen LogP contribution in [0, 0.1) is 5.92 Å². The smallest absolute Gasteiger partial charge is 0.251 e. The Labute approximate surface area is 165 Å². The highest BCUT2D eigenvalue weighted by Crippen LogP contribution is 2.41. The molecule has 1 saturated heterocycles. The van der Waals surface area contributed by atoms with Crippen molar-refractivity contribution in [2.75, 3.05) is 26.3 Å². The molecule has 7 heteroatoms. The van der Waals surface area contributed by atoms with Crippen molar-refractivity contribution in [3.05, 3.63) is 65.7 Å². The van der Waals surface area contributed by atoms with E-state index in [1.807, 2.05) is 30.3 Å². The van der Waals surface area contributed by atoms with Gasteiger partial charge in [-0.25, -0.2) is 8.42 Å². The molecule has 0 unspecified atom stereocenters. The van der Waals surface area contributed by atoms with Gasteiger partial charge in [0, 0.05) is 18.7 Å². The number of carbonyl (C=O) groups excluding carboxylic acids is 1. The van der Waals surface area contributed by atoms with Gasteiger partial charge in [0.05, 0.1) is 24.2 Å². The molecule has 2 aliphatic rings. The molecule has 2 fully saturated rings. The maximum absolute atomic E-state index is 12.9. The molecule has 1 atom stereocenters. The number of hydrogen-bond acceptors (Lipinski definition) is 4. The maximum atomic E-state index is 12.9. The summed E-state index contributed by atoms with van der Waals surface area (Å²) >= 11 is 0. The summed E-state index contributed by atoms with van der Waals surface area (Å²) in [6.07, 6.45) is 2.18. The fourth-order valence-electron chi connectivity index (χ4n) is 3.52. The number of sulfonamides is 1. The maximum Gasteiger partial charge on any atom is 0.251 e. The van der Waals surface area contributed by atoms with Crippen molar-refractivity contribution in [3.63, 3.8) is 0 Å². The van der Waals surface area contributed by atoms with Gasteiger partial charge in [-0.2, -0.15) is 4.31 Å². The van der Waals surface area contributed by atoms with Gasteiger partial charge in [0.1, 0.15) is 0 Å². The van der Waals surface area contributed by atoms with E-state index < -0.39 is 10.0 Å². The van der Waals surface area contributed by atoms with Crippen LogP contribution in [0.3, 0.4) is 0 Å². The Morgan fingerprint density at radius 1 is 1.04 bits per heavy atom. The van der Waals surface area contributed by atoms with Crippen molar-refractivity contribution < 1.29 is 17.9 Å². The summed E-state index contributed by atoms with van der Waals surface area (Å²) in [5.74, 6) is 0.186. The third-order valence-corrected chi connectivity index (χ3v) is 7.14. The minimum absolute atomic E-state index is 0.0480. The molecule has 0 bridgehead atoms. The van der Waals surface area contributed by atoms with Gasteiger partial charge >= 0.3 is 0 Å². The van der Waals surface area contributed by atoms with Crippen molar-refractivity contribution >= 4 is 15.9 Å². The lowest BCUT2D eigenvalue weighted by molar-refractivity contribution is 0.0730. The predicted molar refractivity (Wildman–Crippen MR) is 105 cm³/mol. The molecule has 1 amide bonds. The lowest BCUT2D eigenvalue weighted by Gasteiger charge is -2.26. The summed E-state index contributed by atoms with van der Waals surface area (Å²) in [5, 5.41) is 3.10. The Hall–Kier alpha value is -2.22. The monoisotopic (exact) mass is 400 g/mol. The van der Waals surface area contributed by atoms with Crippen molar-refractivity contribution in [1.82, 2.24) is 9.62 Å². The third kappa shape index (κ3) is 4.11. The molecule has 0 spiro atoms. The summed E-state index contributed by atoms with van der Waals surface area (Å²) in [6.45, 7) is 1.44. The molecule has 4 rings (SSSR count). The molecule has 2 aromatic carbocycles. The molecule has 1 saturated carbocycles. The number of nitrogens with one attached hydrogen (secondary N) is 1. The summed E-state index contributed by atoms with van der Waals surface area (Å²) in [4.78, 5) is 13.0. The van der Waals surface area contributed by atoms with E-state index in [4.69, 9.17) is 4.74 Å². The first-order valence-corrected chi connectivity index (χ1v) is 11.0. The van der Waals surface area contributed by atoms with Crippen LogP contribution in [0.1, 0.15) is 34.8 Å². The first-order chi connectivity index (χ1) is 13.6. The quantitative estimate of drug-likeness (QED) is 0.809.